The van der Waals surface area contributed by atoms with Crippen molar-refractivity contribution < 1.29 is 4.79 Å². The highest BCUT2D eigenvalue weighted by atomic mass is 35.5. The molecule has 2 amide bonds. The standard InChI is InChI=1S/C17H16ClN3OS/c1-12-11-19-17(23-12)21(15-5-3-2-4-6-15)16(22)20-14-9-7-13(18)8-10-14/h2-10,12H,11H2,1H3,(H,20,22)/t12-/m0/s1. The number of benzene rings is 2. The van der Waals surface area contributed by atoms with E-state index in [1.54, 1.807) is 40.9 Å². The van der Waals surface area contributed by atoms with E-state index in [4.69, 9.17) is 11.6 Å². The molecular weight excluding hydrogens is 330 g/mol. The van der Waals surface area contributed by atoms with Crippen LogP contribution in [-0.4, -0.2) is 23.0 Å². The maximum atomic E-state index is 12.8. The minimum atomic E-state index is -0.237. The molecule has 4 nitrogen and oxygen atoms in total. The quantitative estimate of drug-likeness (QED) is 0.843. The van der Waals surface area contributed by atoms with Gasteiger partial charge in [-0.2, -0.15) is 0 Å². The Kier molecular flexibility index (Phi) is 4.88. The van der Waals surface area contributed by atoms with Gasteiger partial charge in [-0.05, 0) is 36.4 Å². The zero-order chi connectivity index (χ0) is 16.2. The molecule has 1 atom stereocenters. The summed E-state index contributed by atoms with van der Waals surface area (Å²) in [6.45, 7) is 2.82. The Balaban J connectivity index is 1.86. The summed E-state index contributed by atoms with van der Waals surface area (Å²) in [6, 6.07) is 16.3. The first-order valence-electron chi connectivity index (χ1n) is 7.26. The molecule has 6 heteroatoms. The summed E-state index contributed by atoms with van der Waals surface area (Å²) in [4.78, 5) is 18.9. The molecule has 23 heavy (non-hydrogen) atoms. The molecular formula is C17H16ClN3OS. The Bertz CT molecular complexity index is 718. The number of amides is 2. The summed E-state index contributed by atoms with van der Waals surface area (Å²) >= 11 is 7.48. The van der Waals surface area contributed by atoms with Crippen molar-refractivity contribution in [3.8, 4) is 0 Å². The van der Waals surface area contributed by atoms with E-state index >= 15 is 0 Å². The van der Waals surface area contributed by atoms with Crippen LogP contribution in [0.25, 0.3) is 0 Å². The molecule has 3 rings (SSSR count). The molecule has 1 N–H and O–H groups in total. The van der Waals surface area contributed by atoms with Gasteiger partial charge in [-0.1, -0.05) is 48.5 Å². The number of hydrogen-bond acceptors (Lipinski definition) is 3. The summed E-state index contributed by atoms with van der Waals surface area (Å²) in [5.74, 6) is 0. The monoisotopic (exact) mass is 345 g/mol. The molecule has 0 radical (unpaired) electrons. The van der Waals surface area contributed by atoms with Crippen molar-refractivity contribution in [2.45, 2.75) is 12.2 Å². The number of amidine groups is 1. The van der Waals surface area contributed by atoms with E-state index in [2.05, 4.69) is 17.2 Å². The van der Waals surface area contributed by atoms with Gasteiger partial charge < -0.3 is 5.32 Å². The van der Waals surface area contributed by atoms with Gasteiger partial charge in [0.2, 0.25) is 0 Å². The number of nitrogens with one attached hydrogen (secondary N) is 1. The molecule has 0 unspecified atom stereocenters. The number of thioether (sulfide) groups is 1. The molecule has 0 aromatic heterocycles. The Morgan fingerprint density at radius 3 is 2.52 bits per heavy atom. The lowest BCUT2D eigenvalue weighted by Crippen LogP contribution is -2.38. The van der Waals surface area contributed by atoms with Crippen LogP contribution in [0.15, 0.2) is 59.6 Å². The number of rotatable bonds is 2. The van der Waals surface area contributed by atoms with E-state index in [1.807, 2.05) is 30.3 Å². The van der Waals surface area contributed by atoms with Crippen molar-refractivity contribution in [1.29, 1.82) is 0 Å². The van der Waals surface area contributed by atoms with Crippen molar-refractivity contribution in [2.24, 2.45) is 4.99 Å². The summed E-state index contributed by atoms with van der Waals surface area (Å²) in [5.41, 5.74) is 1.48. The van der Waals surface area contributed by atoms with Gasteiger partial charge in [0.05, 0.1) is 12.2 Å². The molecule has 2 aromatic rings. The Hall–Kier alpha value is -1.98. The van der Waals surface area contributed by atoms with Crippen LogP contribution in [0.2, 0.25) is 5.02 Å². The van der Waals surface area contributed by atoms with Gasteiger partial charge in [-0.25, -0.2) is 9.69 Å². The van der Waals surface area contributed by atoms with Crippen molar-refractivity contribution in [3.63, 3.8) is 0 Å². The summed E-state index contributed by atoms with van der Waals surface area (Å²) in [6.07, 6.45) is 0. The molecule has 1 aliphatic heterocycles. The van der Waals surface area contributed by atoms with Crippen LogP contribution < -0.4 is 10.2 Å². The van der Waals surface area contributed by atoms with E-state index in [0.29, 0.717) is 16.0 Å². The maximum Gasteiger partial charge on any atom is 0.332 e. The fourth-order valence-corrected chi connectivity index (χ4v) is 3.27. The molecule has 0 saturated carbocycles. The predicted octanol–water partition coefficient (Wildman–Crippen LogP) is 4.87. The zero-order valence-corrected chi connectivity index (χ0v) is 14.1. The van der Waals surface area contributed by atoms with Gasteiger partial charge >= 0.3 is 6.03 Å². The van der Waals surface area contributed by atoms with E-state index in [9.17, 15) is 4.79 Å². The van der Waals surface area contributed by atoms with Crippen LogP contribution >= 0.6 is 23.4 Å². The third-order valence-corrected chi connectivity index (χ3v) is 4.62. The van der Waals surface area contributed by atoms with Crippen molar-refractivity contribution in [1.82, 2.24) is 0 Å². The van der Waals surface area contributed by atoms with E-state index in [0.717, 1.165) is 17.4 Å². The molecule has 0 spiro atoms. The van der Waals surface area contributed by atoms with Crippen LogP contribution in [0.3, 0.4) is 0 Å². The number of carbonyl (C=O) groups excluding carboxylic acids is 1. The van der Waals surface area contributed by atoms with Crippen molar-refractivity contribution in [3.05, 3.63) is 59.6 Å². The fourth-order valence-electron chi connectivity index (χ4n) is 2.19. The number of nitrogens with zero attached hydrogens (tertiary/aromatic N) is 2. The van der Waals surface area contributed by atoms with Crippen molar-refractivity contribution >= 4 is 45.9 Å². The lowest BCUT2D eigenvalue weighted by molar-refractivity contribution is 0.259. The molecule has 118 valence electrons. The molecule has 0 bridgehead atoms. The van der Waals surface area contributed by atoms with Gasteiger partial charge in [-0.15, -0.1) is 0 Å². The van der Waals surface area contributed by atoms with E-state index in [-0.39, 0.29) is 6.03 Å². The summed E-state index contributed by atoms with van der Waals surface area (Å²) in [7, 11) is 0. The second-order valence-electron chi connectivity index (χ2n) is 5.16. The first-order chi connectivity index (χ1) is 11.1. The zero-order valence-electron chi connectivity index (χ0n) is 12.6. The van der Waals surface area contributed by atoms with Crippen LogP contribution in [-0.2, 0) is 0 Å². The van der Waals surface area contributed by atoms with Crippen LogP contribution in [0.4, 0.5) is 16.2 Å². The molecule has 0 saturated heterocycles. The topological polar surface area (TPSA) is 44.7 Å². The fraction of sp³-hybridized carbons (Fsp3) is 0.176. The lowest BCUT2D eigenvalue weighted by atomic mass is 10.3. The Labute approximate surface area is 144 Å². The minimum absolute atomic E-state index is 0.237. The van der Waals surface area contributed by atoms with Gasteiger partial charge in [0.15, 0.2) is 5.17 Å². The second-order valence-corrected chi connectivity index (χ2v) is 7.00. The highest BCUT2D eigenvalue weighted by molar-refractivity contribution is 8.15. The molecule has 0 fully saturated rings. The molecule has 1 aliphatic rings. The van der Waals surface area contributed by atoms with Crippen LogP contribution in [0, 0.1) is 0 Å². The highest BCUT2D eigenvalue weighted by Gasteiger charge is 2.27. The van der Waals surface area contributed by atoms with E-state index in [1.165, 1.54) is 0 Å². The molecule has 2 aromatic carbocycles. The number of aliphatic imine (C=N–C) groups is 1. The third-order valence-electron chi connectivity index (χ3n) is 3.29. The number of urea groups is 1. The third kappa shape index (κ3) is 3.86. The molecule has 0 aliphatic carbocycles. The number of anilines is 2. The van der Waals surface area contributed by atoms with Gasteiger partial charge in [-0.3, -0.25) is 4.99 Å². The second kappa shape index (κ2) is 7.06. The smallest absolute Gasteiger partial charge is 0.307 e. The largest absolute Gasteiger partial charge is 0.332 e. The van der Waals surface area contributed by atoms with Gasteiger partial charge in [0, 0.05) is 16.0 Å². The Morgan fingerprint density at radius 2 is 1.91 bits per heavy atom. The SMILES string of the molecule is C[C@H]1CN=C(N(C(=O)Nc2ccc(Cl)cc2)c2ccccc2)S1. The predicted molar refractivity (Wildman–Crippen MR) is 98.7 cm³/mol. The highest BCUT2D eigenvalue weighted by Crippen LogP contribution is 2.28. The number of carbonyl (C=O) groups is 1. The van der Waals surface area contributed by atoms with Gasteiger partial charge in [0.25, 0.3) is 0 Å². The normalized spacial score (nSPS) is 16.8. The minimum Gasteiger partial charge on any atom is -0.307 e. The lowest BCUT2D eigenvalue weighted by Gasteiger charge is -2.22. The average molecular weight is 346 g/mol. The van der Waals surface area contributed by atoms with E-state index < -0.39 is 0 Å². The van der Waals surface area contributed by atoms with Gasteiger partial charge in [0.1, 0.15) is 0 Å². The van der Waals surface area contributed by atoms with Crippen LogP contribution in [0.5, 0.6) is 0 Å². The number of para-hydroxylation sites is 1. The average Bonchev–Trinajstić information content (AvgIpc) is 2.97. The first-order valence-corrected chi connectivity index (χ1v) is 8.52. The number of halogens is 1. The first kappa shape index (κ1) is 15.9. The van der Waals surface area contributed by atoms with Crippen molar-refractivity contribution in [2.75, 3.05) is 16.8 Å². The maximum absolute atomic E-state index is 12.8. The molecule has 1 heterocycles. The number of hydrogen-bond donors (Lipinski definition) is 1. The summed E-state index contributed by atoms with van der Waals surface area (Å²) < 4.78 is 0. The summed E-state index contributed by atoms with van der Waals surface area (Å²) in [5, 5.41) is 4.62. The van der Waals surface area contributed by atoms with Crippen LogP contribution in [0.1, 0.15) is 6.92 Å². The Morgan fingerprint density at radius 1 is 1.22 bits per heavy atom.